The Morgan fingerprint density at radius 1 is 1.14 bits per heavy atom. The van der Waals surface area contributed by atoms with Crippen LogP contribution >= 0.6 is 0 Å². The van der Waals surface area contributed by atoms with Crippen molar-refractivity contribution in [1.82, 2.24) is 0 Å². The van der Waals surface area contributed by atoms with Crippen LogP contribution in [0, 0.1) is 0 Å². The number of carboxylic acids is 1. The normalized spacial score (nSPS) is 14.0. The van der Waals surface area contributed by atoms with E-state index in [0.717, 1.165) is 12.8 Å². The van der Waals surface area contributed by atoms with Gasteiger partial charge in [0.05, 0.1) is 27.6 Å². The van der Waals surface area contributed by atoms with Crippen LogP contribution in [0.25, 0.3) is 0 Å². The molecule has 0 saturated heterocycles. The molecule has 0 spiro atoms. The lowest BCUT2D eigenvalue weighted by Crippen LogP contribution is -2.43. The number of carbonyl (C=O) groups excluding carboxylic acids is 1. The predicted molar refractivity (Wildman–Crippen MR) is 87.4 cm³/mol. The number of hydrogen-bond donors (Lipinski definition) is 1. The summed E-state index contributed by atoms with van der Waals surface area (Å²) >= 11 is 0. The van der Waals surface area contributed by atoms with Gasteiger partial charge in [-0.3, -0.25) is 4.79 Å². The molecule has 22 heavy (non-hydrogen) atoms. The highest BCUT2D eigenvalue weighted by Crippen LogP contribution is 2.06. The number of esters is 1. The summed E-state index contributed by atoms with van der Waals surface area (Å²) in [4.78, 5) is 22.5. The van der Waals surface area contributed by atoms with Gasteiger partial charge in [-0.1, -0.05) is 37.3 Å². The first-order valence-corrected chi connectivity index (χ1v) is 7.45. The Hall–Kier alpha value is -1.88. The summed E-state index contributed by atoms with van der Waals surface area (Å²) in [5.74, 6) is -1.49. The van der Waals surface area contributed by atoms with Gasteiger partial charge >= 0.3 is 11.9 Å². The Kier molecular flexibility index (Phi) is 9.87. The van der Waals surface area contributed by atoms with E-state index in [-0.39, 0.29) is 6.42 Å². The number of quaternary nitrogens is 1. The molecule has 0 aliphatic heterocycles. The van der Waals surface area contributed by atoms with E-state index in [1.807, 2.05) is 33.3 Å². The monoisotopic (exact) mass is 310 g/mol. The Bertz CT molecular complexity index is 430. The van der Waals surface area contributed by atoms with E-state index in [1.165, 1.54) is 6.08 Å². The van der Waals surface area contributed by atoms with Gasteiger partial charge in [0.1, 0.15) is 6.54 Å². The Morgan fingerprint density at radius 2 is 1.82 bits per heavy atom. The first-order chi connectivity index (χ1) is 10.2. The second-order valence-electron chi connectivity index (χ2n) is 6.03. The number of carboxylic acid groups (broad SMARTS) is 1. The number of aliphatic carboxylic acids is 1. The number of allylic oxidation sites excluding steroid dienone is 5. The van der Waals surface area contributed by atoms with Crippen LogP contribution in [0.4, 0.5) is 0 Å². The third kappa shape index (κ3) is 13.1. The van der Waals surface area contributed by atoms with Gasteiger partial charge in [0.25, 0.3) is 0 Å². The molecule has 0 aromatic rings. The third-order valence-electron chi connectivity index (χ3n) is 2.59. The number of rotatable bonds is 10. The number of nitrogens with zero attached hydrogens (tertiary/aromatic N) is 1. The topological polar surface area (TPSA) is 63.6 Å². The summed E-state index contributed by atoms with van der Waals surface area (Å²) in [6, 6.07) is 0. The molecule has 0 amide bonds. The minimum absolute atomic E-state index is 0.188. The summed E-state index contributed by atoms with van der Waals surface area (Å²) in [6.07, 6.45) is 11.7. The van der Waals surface area contributed by atoms with Crippen LogP contribution in [-0.4, -0.2) is 55.3 Å². The first kappa shape index (κ1) is 20.1. The lowest BCUT2D eigenvalue weighted by atomic mass is 10.2. The van der Waals surface area contributed by atoms with Crippen molar-refractivity contribution in [3.63, 3.8) is 0 Å². The van der Waals surface area contributed by atoms with E-state index in [1.54, 1.807) is 12.2 Å². The smallest absolute Gasteiger partial charge is 0.331 e. The van der Waals surface area contributed by atoms with Crippen LogP contribution in [0.2, 0.25) is 0 Å². The predicted octanol–water partition coefficient (Wildman–Crippen LogP) is 2.55. The quantitative estimate of drug-likeness (QED) is 0.221. The van der Waals surface area contributed by atoms with Crippen LogP contribution in [0.5, 0.6) is 0 Å². The standard InChI is InChI=1S/C17H27NO4/c1-5-6-7-8-9-10-11-12-17(21)22-15(13-16(19)20)14-18(2,3)4/h6-7,9-12,15H,5,8,13-14H2,1-4H3/p+1/b7-6+,10-9+,12-11+. The van der Waals surface area contributed by atoms with Crippen molar-refractivity contribution >= 4 is 11.9 Å². The maximum Gasteiger partial charge on any atom is 0.331 e. The lowest BCUT2D eigenvalue weighted by Gasteiger charge is -2.28. The fraction of sp³-hybridized carbons (Fsp3) is 0.529. The van der Waals surface area contributed by atoms with Gasteiger partial charge in [-0.15, -0.1) is 0 Å². The molecule has 0 heterocycles. The highest BCUT2D eigenvalue weighted by Gasteiger charge is 2.23. The van der Waals surface area contributed by atoms with Crippen LogP contribution in [0.15, 0.2) is 36.5 Å². The van der Waals surface area contributed by atoms with Crippen molar-refractivity contribution in [2.75, 3.05) is 27.7 Å². The molecule has 5 heteroatoms. The van der Waals surface area contributed by atoms with Crippen LogP contribution < -0.4 is 0 Å². The number of carbonyl (C=O) groups is 2. The van der Waals surface area contributed by atoms with Crippen LogP contribution in [0.3, 0.4) is 0 Å². The average Bonchev–Trinajstić information content (AvgIpc) is 2.34. The Balaban J connectivity index is 4.37. The molecule has 124 valence electrons. The van der Waals surface area contributed by atoms with Gasteiger partial charge in [0.15, 0.2) is 6.10 Å². The first-order valence-electron chi connectivity index (χ1n) is 7.45. The zero-order valence-corrected chi connectivity index (χ0v) is 14.0. The minimum atomic E-state index is -0.974. The van der Waals surface area contributed by atoms with E-state index in [9.17, 15) is 9.59 Å². The Labute approximate surface area is 133 Å². The van der Waals surface area contributed by atoms with E-state index >= 15 is 0 Å². The zero-order chi connectivity index (χ0) is 17.0. The molecule has 0 saturated carbocycles. The molecule has 5 nitrogen and oxygen atoms in total. The van der Waals surface area contributed by atoms with Gasteiger partial charge in [0.2, 0.25) is 0 Å². The molecule has 0 aliphatic carbocycles. The SMILES string of the molecule is CC/C=C/C/C=C/C=C/C(=O)OC(CC(=O)O)C[N+](C)(C)C. The second-order valence-corrected chi connectivity index (χ2v) is 6.03. The molecule has 0 fully saturated rings. The van der Waals surface area contributed by atoms with Gasteiger partial charge in [-0.05, 0) is 12.8 Å². The maximum atomic E-state index is 11.7. The zero-order valence-electron chi connectivity index (χ0n) is 14.0. The molecular weight excluding hydrogens is 282 g/mol. The van der Waals surface area contributed by atoms with Crippen molar-refractivity contribution in [3.8, 4) is 0 Å². The molecule has 1 unspecified atom stereocenters. The van der Waals surface area contributed by atoms with Crippen molar-refractivity contribution < 1.29 is 23.9 Å². The number of likely N-dealkylation sites (N-methyl/N-ethyl adjacent to an activating group) is 1. The number of hydrogen-bond acceptors (Lipinski definition) is 3. The average molecular weight is 310 g/mol. The molecule has 0 rings (SSSR count). The number of ether oxygens (including phenoxy) is 1. The third-order valence-corrected chi connectivity index (χ3v) is 2.59. The van der Waals surface area contributed by atoms with Crippen molar-refractivity contribution in [1.29, 1.82) is 0 Å². The minimum Gasteiger partial charge on any atom is -0.481 e. The lowest BCUT2D eigenvalue weighted by molar-refractivity contribution is -0.873. The van der Waals surface area contributed by atoms with Crippen molar-refractivity contribution in [2.24, 2.45) is 0 Å². The molecule has 0 aromatic heterocycles. The van der Waals surface area contributed by atoms with Gasteiger partial charge < -0.3 is 14.3 Å². The highest BCUT2D eigenvalue weighted by atomic mass is 16.5. The van der Waals surface area contributed by atoms with E-state index in [2.05, 4.69) is 13.0 Å². The van der Waals surface area contributed by atoms with E-state index < -0.39 is 18.0 Å². The second kappa shape index (κ2) is 10.8. The summed E-state index contributed by atoms with van der Waals surface area (Å²) in [5, 5.41) is 8.88. The Morgan fingerprint density at radius 3 is 2.36 bits per heavy atom. The fourth-order valence-corrected chi connectivity index (χ4v) is 1.79. The summed E-state index contributed by atoms with van der Waals surface area (Å²) in [5.41, 5.74) is 0. The summed E-state index contributed by atoms with van der Waals surface area (Å²) in [7, 11) is 5.77. The van der Waals surface area contributed by atoms with Gasteiger partial charge in [-0.2, -0.15) is 0 Å². The van der Waals surface area contributed by atoms with Crippen LogP contribution in [0.1, 0.15) is 26.2 Å². The van der Waals surface area contributed by atoms with E-state index in [4.69, 9.17) is 9.84 Å². The van der Waals surface area contributed by atoms with E-state index in [0.29, 0.717) is 11.0 Å². The summed E-state index contributed by atoms with van der Waals surface area (Å²) < 4.78 is 5.74. The van der Waals surface area contributed by atoms with Gasteiger partial charge in [-0.25, -0.2) is 4.79 Å². The van der Waals surface area contributed by atoms with Gasteiger partial charge in [0, 0.05) is 6.08 Å². The summed E-state index contributed by atoms with van der Waals surface area (Å²) in [6.45, 7) is 2.52. The molecule has 0 aliphatic rings. The molecule has 0 radical (unpaired) electrons. The van der Waals surface area contributed by atoms with Crippen LogP contribution in [-0.2, 0) is 14.3 Å². The largest absolute Gasteiger partial charge is 0.481 e. The molecule has 1 atom stereocenters. The molecule has 0 bridgehead atoms. The molecule has 0 aromatic carbocycles. The molecule has 1 N–H and O–H groups in total. The van der Waals surface area contributed by atoms with Crippen molar-refractivity contribution in [3.05, 3.63) is 36.5 Å². The van der Waals surface area contributed by atoms with Crippen molar-refractivity contribution in [2.45, 2.75) is 32.3 Å². The maximum absolute atomic E-state index is 11.7. The molecular formula is C17H28NO4+. The fourth-order valence-electron chi connectivity index (χ4n) is 1.79. The highest BCUT2D eigenvalue weighted by molar-refractivity contribution is 5.82.